The van der Waals surface area contributed by atoms with Crippen molar-refractivity contribution in [3.8, 4) is 0 Å². The number of likely N-dealkylation sites (tertiary alicyclic amines) is 1. The SMILES string of the molecule is CCOC(=O)N1CCN(C(=NC)NCCN2CCCCC2C)CC1.I. The highest BCUT2D eigenvalue weighted by Gasteiger charge is 2.24. The zero-order valence-corrected chi connectivity index (χ0v) is 18.2. The Hall–Kier alpha value is -0.770. The minimum Gasteiger partial charge on any atom is -0.450 e. The first-order valence-electron chi connectivity index (χ1n) is 9.27. The monoisotopic (exact) mass is 467 g/mol. The molecule has 2 rings (SSSR count). The average molecular weight is 467 g/mol. The summed E-state index contributed by atoms with van der Waals surface area (Å²) in [4.78, 5) is 22.7. The Labute approximate surface area is 169 Å². The van der Waals surface area contributed by atoms with Gasteiger partial charge in [0.1, 0.15) is 0 Å². The van der Waals surface area contributed by atoms with Crippen LogP contribution in [0.25, 0.3) is 0 Å². The molecule has 0 aromatic carbocycles. The number of ether oxygens (including phenoxy) is 1. The van der Waals surface area contributed by atoms with Gasteiger partial charge in [-0.1, -0.05) is 6.42 Å². The first-order valence-corrected chi connectivity index (χ1v) is 9.27. The number of amides is 1. The first-order chi connectivity index (χ1) is 11.7. The molecule has 0 aromatic rings. The van der Waals surface area contributed by atoms with Gasteiger partial charge in [0.05, 0.1) is 6.61 Å². The van der Waals surface area contributed by atoms with E-state index >= 15 is 0 Å². The molecule has 1 N–H and O–H groups in total. The maximum atomic E-state index is 11.8. The van der Waals surface area contributed by atoms with Crippen LogP contribution in [0.15, 0.2) is 4.99 Å². The van der Waals surface area contributed by atoms with Crippen molar-refractivity contribution in [1.82, 2.24) is 20.0 Å². The molecule has 2 heterocycles. The molecule has 2 aliphatic heterocycles. The number of hydrogen-bond acceptors (Lipinski definition) is 4. The molecule has 0 spiro atoms. The summed E-state index contributed by atoms with van der Waals surface area (Å²) in [5, 5.41) is 3.48. The summed E-state index contributed by atoms with van der Waals surface area (Å²) in [6.07, 6.45) is 3.77. The molecule has 0 radical (unpaired) electrons. The van der Waals surface area contributed by atoms with Crippen LogP contribution in [0.1, 0.15) is 33.1 Å². The van der Waals surface area contributed by atoms with Gasteiger partial charge in [-0.3, -0.25) is 9.89 Å². The molecule has 2 fully saturated rings. The van der Waals surface area contributed by atoms with Crippen LogP contribution in [0.4, 0.5) is 4.79 Å². The molecular formula is C17H34IN5O2. The molecule has 1 amide bonds. The van der Waals surface area contributed by atoms with Crippen LogP contribution < -0.4 is 5.32 Å². The van der Waals surface area contributed by atoms with E-state index in [2.05, 4.69) is 27.0 Å². The fraction of sp³-hybridized carbons (Fsp3) is 0.882. The van der Waals surface area contributed by atoms with Gasteiger partial charge in [-0.2, -0.15) is 0 Å². The topological polar surface area (TPSA) is 60.4 Å². The molecule has 146 valence electrons. The Morgan fingerprint density at radius 1 is 1.16 bits per heavy atom. The molecular weight excluding hydrogens is 433 g/mol. The predicted octanol–water partition coefficient (Wildman–Crippen LogP) is 1.83. The summed E-state index contributed by atoms with van der Waals surface area (Å²) < 4.78 is 5.06. The summed E-state index contributed by atoms with van der Waals surface area (Å²) in [5.74, 6) is 0.933. The molecule has 0 aromatic heterocycles. The molecule has 2 aliphatic rings. The van der Waals surface area contributed by atoms with E-state index in [1.54, 1.807) is 4.90 Å². The van der Waals surface area contributed by atoms with Gasteiger partial charge in [0.2, 0.25) is 0 Å². The van der Waals surface area contributed by atoms with E-state index in [0.29, 0.717) is 25.7 Å². The van der Waals surface area contributed by atoms with Crippen LogP contribution in [0.2, 0.25) is 0 Å². The van der Waals surface area contributed by atoms with Crippen LogP contribution in [0.5, 0.6) is 0 Å². The van der Waals surface area contributed by atoms with Crippen LogP contribution >= 0.6 is 24.0 Å². The predicted molar refractivity (Wildman–Crippen MR) is 112 cm³/mol. The summed E-state index contributed by atoms with van der Waals surface area (Å²) >= 11 is 0. The van der Waals surface area contributed by atoms with Gasteiger partial charge in [0, 0.05) is 52.4 Å². The van der Waals surface area contributed by atoms with Crippen LogP contribution in [-0.4, -0.2) is 92.3 Å². The number of aliphatic imine (C=N–C) groups is 1. The van der Waals surface area contributed by atoms with Crippen molar-refractivity contribution in [2.24, 2.45) is 4.99 Å². The molecule has 2 saturated heterocycles. The highest BCUT2D eigenvalue weighted by molar-refractivity contribution is 14.0. The van der Waals surface area contributed by atoms with Gasteiger partial charge in [-0.15, -0.1) is 24.0 Å². The number of piperazine rings is 1. The fourth-order valence-electron chi connectivity index (χ4n) is 3.45. The minimum absolute atomic E-state index is 0. The maximum Gasteiger partial charge on any atom is 0.409 e. The van der Waals surface area contributed by atoms with Gasteiger partial charge in [-0.05, 0) is 33.2 Å². The first kappa shape index (κ1) is 22.3. The number of carbonyl (C=O) groups excluding carboxylic acids is 1. The molecule has 0 bridgehead atoms. The summed E-state index contributed by atoms with van der Waals surface area (Å²) in [6.45, 7) is 10.7. The quantitative estimate of drug-likeness (QED) is 0.389. The highest BCUT2D eigenvalue weighted by atomic mass is 127. The fourth-order valence-corrected chi connectivity index (χ4v) is 3.45. The van der Waals surface area contributed by atoms with E-state index in [1.165, 1.54) is 25.8 Å². The van der Waals surface area contributed by atoms with Crippen molar-refractivity contribution >= 4 is 36.0 Å². The third kappa shape index (κ3) is 6.80. The van der Waals surface area contributed by atoms with Crippen molar-refractivity contribution in [1.29, 1.82) is 0 Å². The lowest BCUT2D eigenvalue weighted by atomic mass is 10.0. The van der Waals surface area contributed by atoms with Crippen LogP contribution in [-0.2, 0) is 4.74 Å². The number of nitrogens with one attached hydrogen (secondary N) is 1. The molecule has 0 saturated carbocycles. The average Bonchev–Trinajstić information content (AvgIpc) is 2.61. The summed E-state index contributed by atoms with van der Waals surface area (Å²) in [7, 11) is 1.82. The smallest absolute Gasteiger partial charge is 0.409 e. The lowest BCUT2D eigenvalue weighted by molar-refractivity contribution is 0.0914. The van der Waals surface area contributed by atoms with E-state index < -0.39 is 0 Å². The van der Waals surface area contributed by atoms with Gasteiger partial charge < -0.3 is 19.9 Å². The van der Waals surface area contributed by atoms with E-state index in [0.717, 1.165) is 32.1 Å². The summed E-state index contributed by atoms with van der Waals surface area (Å²) in [6, 6.07) is 0.690. The number of carbonyl (C=O) groups is 1. The number of rotatable bonds is 4. The Morgan fingerprint density at radius 2 is 1.84 bits per heavy atom. The highest BCUT2D eigenvalue weighted by Crippen LogP contribution is 2.15. The molecule has 1 unspecified atom stereocenters. The molecule has 8 heteroatoms. The Bertz CT molecular complexity index is 427. The number of hydrogen-bond donors (Lipinski definition) is 1. The lowest BCUT2D eigenvalue weighted by Crippen LogP contribution is -2.54. The molecule has 1 atom stereocenters. The van der Waals surface area contributed by atoms with Gasteiger partial charge in [0.15, 0.2) is 5.96 Å². The second-order valence-electron chi connectivity index (χ2n) is 6.53. The van der Waals surface area contributed by atoms with Crippen molar-refractivity contribution in [2.45, 2.75) is 39.2 Å². The standard InChI is InChI=1S/C17H33N5O2.HI/c1-4-24-17(23)22-13-11-21(12-14-22)16(18-3)19-8-10-20-9-6-5-7-15(20)2;/h15H,4-14H2,1-3H3,(H,18,19);1H. The second kappa shape index (κ2) is 11.8. The van der Waals surface area contributed by atoms with Crippen molar-refractivity contribution in [2.75, 3.05) is 59.5 Å². The van der Waals surface area contributed by atoms with E-state index in [1.807, 2.05) is 14.0 Å². The number of halogens is 1. The Kier molecular flexibility index (Phi) is 10.5. The Morgan fingerprint density at radius 3 is 2.44 bits per heavy atom. The second-order valence-corrected chi connectivity index (χ2v) is 6.53. The molecule has 7 nitrogen and oxygen atoms in total. The van der Waals surface area contributed by atoms with Crippen molar-refractivity contribution in [3.05, 3.63) is 0 Å². The lowest BCUT2D eigenvalue weighted by Gasteiger charge is -2.37. The zero-order chi connectivity index (χ0) is 17.4. The zero-order valence-electron chi connectivity index (χ0n) is 15.9. The maximum absolute atomic E-state index is 11.8. The van der Waals surface area contributed by atoms with E-state index in [4.69, 9.17) is 4.74 Å². The number of piperidine rings is 1. The Balaban J connectivity index is 0.00000312. The van der Waals surface area contributed by atoms with Crippen LogP contribution in [0, 0.1) is 0 Å². The third-order valence-corrected chi connectivity index (χ3v) is 4.94. The summed E-state index contributed by atoms with van der Waals surface area (Å²) in [5.41, 5.74) is 0. The van der Waals surface area contributed by atoms with Gasteiger partial charge in [-0.25, -0.2) is 4.79 Å². The van der Waals surface area contributed by atoms with E-state index in [9.17, 15) is 4.79 Å². The molecule has 0 aliphatic carbocycles. The van der Waals surface area contributed by atoms with Crippen molar-refractivity contribution < 1.29 is 9.53 Å². The van der Waals surface area contributed by atoms with E-state index in [-0.39, 0.29) is 30.1 Å². The largest absolute Gasteiger partial charge is 0.450 e. The van der Waals surface area contributed by atoms with Gasteiger partial charge >= 0.3 is 6.09 Å². The number of nitrogens with zero attached hydrogens (tertiary/aromatic N) is 4. The molecule has 25 heavy (non-hydrogen) atoms. The number of guanidine groups is 1. The minimum atomic E-state index is -0.209. The van der Waals surface area contributed by atoms with Crippen LogP contribution in [0.3, 0.4) is 0 Å². The normalized spacial score (nSPS) is 22.4. The van der Waals surface area contributed by atoms with Gasteiger partial charge in [0.25, 0.3) is 0 Å². The third-order valence-electron chi connectivity index (χ3n) is 4.94. The van der Waals surface area contributed by atoms with Crippen molar-refractivity contribution in [3.63, 3.8) is 0 Å².